The fourth-order valence-electron chi connectivity index (χ4n) is 1.65. The Morgan fingerprint density at radius 2 is 2.10 bits per heavy atom. The van der Waals surface area contributed by atoms with Gasteiger partial charge >= 0.3 is 12.1 Å². The molecule has 9 nitrogen and oxygen atoms in total. The average Bonchev–Trinajstić information content (AvgIpc) is 2.71. The maximum absolute atomic E-state index is 11.5. The van der Waals surface area contributed by atoms with E-state index in [0.717, 1.165) is 0 Å². The van der Waals surface area contributed by atoms with Crippen LogP contribution in [0.3, 0.4) is 0 Å². The molecule has 9 heteroatoms. The van der Waals surface area contributed by atoms with Gasteiger partial charge in [-0.25, -0.2) is 14.3 Å². The van der Waals surface area contributed by atoms with E-state index in [1.54, 1.807) is 20.8 Å². The van der Waals surface area contributed by atoms with Gasteiger partial charge in [-0.05, 0) is 20.8 Å². The Balaban J connectivity index is 2.64. The minimum Gasteiger partial charge on any atom is -0.476 e. The fraction of sp³-hybridized carbons (Fsp3) is 0.667. The van der Waals surface area contributed by atoms with Crippen LogP contribution in [0.15, 0.2) is 0 Å². The Hall–Kier alpha value is -2.16. The molecule has 0 radical (unpaired) electrons. The van der Waals surface area contributed by atoms with Crippen molar-refractivity contribution in [3.8, 4) is 0 Å². The minimum absolute atomic E-state index is 0.130. The summed E-state index contributed by atoms with van der Waals surface area (Å²) in [5.74, 6) is -1.16. The molecule has 0 saturated carbocycles. The van der Waals surface area contributed by atoms with Crippen molar-refractivity contribution in [2.75, 3.05) is 13.1 Å². The molecule has 21 heavy (non-hydrogen) atoms. The van der Waals surface area contributed by atoms with Gasteiger partial charge in [0.1, 0.15) is 5.60 Å². The van der Waals surface area contributed by atoms with Crippen LogP contribution >= 0.6 is 0 Å². The second kappa shape index (κ2) is 7.02. The first kappa shape index (κ1) is 16.9. The number of ether oxygens (including phenoxy) is 1. The number of alkyl carbamates (subject to hydrolysis) is 1. The lowest BCUT2D eigenvalue weighted by atomic mass is 10.2. The zero-order valence-electron chi connectivity index (χ0n) is 12.4. The monoisotopic (exact) mass is 299 g/mol. The largest absolute Gasteiger partial charge is 0.476 e. The van der Waals surface area contributed by atoms with Gasteiger partial charge in [0, 0.05) is 19.5 Å². The van der Waals surface area contributed by atoms with E-state index in [1.165, 1.54) is 4.68 Å². The van der Waals surface area contributed by atoms with Crippen LogP contribution in [0.25, 0.3) is 0 Å². The topological polar surface area (TPSA) is 132 Å². The van der Waals surface area contributed by atoms with E-state index < -0.39 is 17.7 Å². The summed E-state index contributed by atoms with van der Waals surface area (Å²) in [6.07, 6.45) is -0.286. The average molecular weight is 299 g/mol. The highest BCUT2D eigenvalue weighted by molar-refractivity contribution is 5.86. The van der Waals surface area contributed by atoms with E-state index in [4.69, 9.17) is 15.6 Å². The number of carboxylic acid groups (broad SMARTS) is 1. The lowest BCUT2D eigenvalue weighted by molar-refractivity contribution is 0.0528. The number of hydrogen-bond donors (Lipinski definition) is 3. The van der Waals surface area contributed by atoms with E-state index >= 15 is 0 Å². The third-order valence-electron chi connectivity index (χ3n) is 2.41. The molecule has 4 N–H and O–H groups in total. The van der Waals surface area contributed by atoms with Crippen molar-refractivity contribution < 1.29 is 19.4 Å². The van der Waals surface area contributed by atoms with Gasteiger partial charge in [-0.1, -0.05) is 5.21 Å². The van der Waals surface area contributed by atoms with Gasteiger partial charge in [0.2, 0.25) is 0 Å². The number of aromatic nitrogens is 3. The van der Waals surface area contributed by atoms with Crippen LogP contribution in [-0.2, 0) is 17.7 Å². The predicted octanol–water partition coefficient (Wildman–Crippen LogP) is 0.00220. The lowest BCUT2D eigenvalue weighted by Crippen LogP contribution is -2.34. The minimum atomic E-state index is -1.16. The SMILES string of the molecule is CC(C)(C)OC(=O)NCCc1c(C(=O)O)nnn1CCN. The van der Waals surface area contributed by atoms with Gasteiger partial charge in [-0.3, -0.25) is 0 Å². The van der Waals surface area contributed by atoms with Crippen LogP contribution in [0, 0.1) is 0 Å². The molecule has 0 fully saturated rings. The molecule has 118 valence electrons. The normalized spacial score (nSPS) is 11.2. The number of carbonyl (C=O) groups is 2. The number of carbonyl (C=O) groups excluding carboxylic acids is 1. The maximum Gasteiger partial charge on any atom is 0.407 e. The Kier molecular flexibility index (Phi) is 5.65. The number of nitrogens with two attached hydrogens (primary N) is 1. The first-order valence-electron chi connectivity index (χ1n) is 6.57. The molecular formula is C12H21N5O4. The number of nitrogens with one attached hydrogen (secondary N) is 1. The Morgan fingerprint density at radius 1 is 1.43 bits per heavy atom. The Labute approximate surface area is 122 Å². The Bertz CT molecular complexity index is 506. The van der Waals surface area contributed by atoms with Crippen molar-refractivity contribution in [1.29, 1.82) is 0 Å². The summed E-state index contributed by atoms with van der Waals surface area (Å²) in [6, 6.07) is 0. The summed E-state index contributed by atoms with van der Waals surface area (Å²) in [6.45, 7) is 6.17. The van der Waals surface area contributed by atoms with Crippen molar-refractivity contribution in [2.45, 2.75) is 39.3 Å². The molecule has 0 aliphatic heterocycles. The van der Waals surface area contributed by atoms with E-state index in [2.05, 4.69) is 15.6 Å². The number of rotatable bonds is 6. The molecule has 1 rings (SSSR count). The smallest absolute Gasteiger partial charge is 0.407 e. The number of nitrogens with zero attached hydrogens (tertiary/aromatic N) is 3. The van der Waals surface area contributed by atoms with Crippen molar-refractivity contribution in [3.63, 3.8) is 0 Å². The zero-order valence-corrected chi connectivity index (χ0v) is 12.4. The van der Waals surface area contributed by atoms with Crippen LogP contribution < -0.4 is 11.1 Å². The highest BCUT2D eigenvalue weighted by atomic mass is 16.6. The fourth-order valence-corrected chi connectivity index (χ4v) is 1.65. The van der Waals surface area contributed by atoms with Crippen molar-refractivity contribution >= 4 is 12.1 Å². The summed E-state index contributed by atoms with van der Waals surface area (Å²) in [7, 11) is 0. The zero-order chi connectivity index (χ0) is 16.0. The quantitative estimate of drug-likeness (QED) is 0.673. The van der Waals surface area contributed by atoms with E-state index in [1.807, 2.05) is 0 Å². The summed E-state index contributed by atoms with van der Waals surface area (Å²) < 4.78 is 6.52. The van der Waals surface area contributed by atoms with Crippen LogP contribution in [0.4, 0.5) is 4.79 Å². The van der Waals surface area contributed by atoms with E-state index in [0.29, 0.717) is 18.8 Å². The first-order valence-corrected chi connectivity index (χ1v) is 6.57. The molecular weight excluding hydrogens is 278 g/mol. The van der Waals surface area contributed by atoms with Gasteiger partial charge < -0.3 is 20.9 Å². The number of carboxylic acids is 1. The highest BCUT2D eigenvalue weighted by Gasteiger charge is 2.19. The molecule has 0 spiro atoms. The van der Waals surface area contributed by atoms with E-state index in [9.17, 15) is 9.59 Å². The van der Waals surface area contributed by atoms with Gasteiger partial charge in [0.25, 0.3) is 0 Å². The lowest BCUT2D eigenvalue weighted by Gasteiger charge is -2.19. The van der Waals surface area contributed by atoms with Crippen LogP contribution in [0.1, 0.15) is 37.0 Å². The third-order valence-corrected chi connectivity index (χ3v) is 2.41. The second-order valence-electron chi connectivity index (χ2n) is 5.38. The van der Waals surface area contributed by atoms with Crippen molar-refractivity contribution in [3.05, 3.63) is 11.4 Å². The summed E-state index contributed by atoms with van der Waals surface area (Å²) >= 11 is 0. The summed E-state index contributed by atoms with van der Waals surface area (Å²) in [5.41, 5.74) is 5.14. The molecule has 0 aromatic carbocycles. The van der Waals surface area contributed by atoms with Crippen LogP contribution in [0.5, 0.6) is 0 Å². The van der Waals surface area contributed by atoms with Gasteiger partial charge in [-0.15, -0.1) is 5.10 Å². The van der Waals surface area contributed by atoms with Gasteiger partial charge in [0.15, 0.2) is 5.69 Å². The van der Waals surface area contributed by atoms with Crippen molar-refractivity contribution in [1.82, 2.24) is 20.3 Å². The molecule has 1 aromatic rings. The van der Waals surface area contributed by atoms with Gasteiger partial charge in [-0.2, -0.15) is 0 Å². The molecule has 0 bridgehead atoms. The van der Waals surface area contributed by atoms with Gasteiger partial charge in [0.05, 0.1) is 12.2 Å². The molecule has 0 aliphatic rings. The summed E-state index contributed by atoms with van der Waals surface area (Å²) in [5, 5.41) is 19.0. The molecule has 0 unspecified atom stereocenters. The second-order valence-corrected chi connectivity index (χ2v) is 5.38. The maximum atomic E-state index is 11.5. The third kappa shape index (κ3) is 5.38. The number of hydrogen-bond acceptors (Lipinski definition) is 6. The molecule has 1 amide bonds. The van der Waals surface area contributed by atoms with Crippen LogP contribution in [0.2, 0.25) is 0 Å². The molecule has 0 atom stereocenters. The molecule has 0 saturated heterocycles. The first-order chi connectivity index (χ1) is 9.74. The molecule has 1 aromatic heterocycles. The molecule has 0 aliphatic carbocycles. The van der Waals surface area contributed by atoms with Crippen molar-refractivity contribution in [2.24, 2.45) is 5.73 Å². The van der Waals surface area contributed by atoms with Crippen LogP contribution in [-0.4, -0.2) is 50.9 Å². The predicted molar refractivity (Wildman–Crippen MR) is 74.0 cm³/mol. The number of amides is 1. The number of aromatic carboxylic acids is 1. The molecule has 1 heterocycles. The Morgan fingerprint density at radius 3 is 2.62 bits per heavy atom. The summed E-state index contributed by atoms with van der Waals surface area (Å²) in [4.78, 5) is 22.6. The van der Waals surface area contributed by atoms with E-state index in [-0.39, 0.29) is 18.7 Å². The standard InChI is InChI=1S/C12H21N5O4/c1-12(2,3)21-11(20)14-6-4-8-9(10(18)19)15-16-17(8)7-5-13/h4-7,13H2,1-3H3,(H,14,20)(H,18,19). The highest BCUT2D eigenvalue weighted by Crippen LogP contribution is 2.08.